The van der Waals surface area contributed by atoms with Crippen LogP contribution in [0.2, 0.25) is 0 Å². The number of rotatable bonds is 8. The van der Waals surface area contributed by atoms with Crippen LogP contribution in [0.25, 0.3) is 0 Å². The standard InChI is InChI=1S/C25H38N4O4/c1-7-25(4)16-18(27-21-15-22(31)20(14-23(21)32)26-11-13-30)8-9-19(17-25)28-24(2,3)10-12-29(5,6)33/h11,13-15,31-32H,7-10,12,16-17H2,1-6H3. The predicted molar refractivity (Wildman–Crippen MR) is 134 cm³/mol. The van der Waals surface area contributed by atoms with E-state index in [9.17, 15) is 20.2 Å². The molecule has 182 valence electrons. The number of phenolic OH excluding ortho intramolecular Hbond substituents is 2. The molecule has 0 heterocycles. The fourth-order valence-electron chi connectivity index (χ4n) is 4.01. The van der Waals surface area contributed by atoms with E-state index in [1.807, 2.05) is 0 Å². The highest BCUT2D eigenvalue weighted by Crippen LogP contribution is 2.41. The van der Waals surface area contributed by atoms with Crippen LogP contribution >= 0.6 is 0 Å². The number of aromatic hydroxyl groups is 2. The summed E-state index contributed by atoms with van der Waals surface area (Å²) in [4.78, 5) is 24.0. The molecule has 1 aliphatic carbocycles. The molecule has 1 aromatic carbocycles. The van der Waals surface area contributed by atoms with Gasteiger partial charge in [0, 0.05) is 30.0 Å². The normalized spacial score (nSPS) is 22.8. The van der Waals surface area contributed by atoms with Gasteiger partial charge in [0.1, 0.15) is 22.9 Å². The molecule has 0 spiro atoms. The number of carbonyl (C=O) groups excluding carboxylic acids is 1. The van der Waals surface area contributed by atoms with Crippen molar-refractivity contribution in [3.05, 3.63) is 17.3 Å². The van der Waals surface area contributed by atoms with Crippen LogP contribution in [0, 0.1) is 10.6 Å². The molecule has 8 nitrogen and oxygen atoms in total. The number of hydrogen-bond acceptors (Lipinski definition) is 7. The maximum absolute atomic E-state index is 12.0. The van der Waals surface area contributed by atoms with Crippen molar-refractivity contribution in [3.63, 3.8) is 0 Å². The molecule has 0 radical (unpaired) electrons. The van der Waals surface area contributed by atoms with Gasteiger partial charge in [0.15, 0.2) is 6.29 Å². The number of hydrogen-bond donors (Lipinski definition) is 2. The van der Waals surface area contributed by atoms with E-state index in [-0.39, 0.29) is 38.5 Å². The molecule has 1 unspecified atom stereocenters. The first-order valence-corrected chi connectivity index (χ1v) is 11.5. The number of phenols is 2. The van der Waals surface area contributed by atoms with Gasteiger partial charge in [0.05, 0.1) is 32.4 Å². The molecule has 0 aliphatic heterocycles. The Morgan fingerprint density at radius 2 is 1.70 bits per heavy atom. The summed E-state index contributed by atoms with van der Waals surface area (Å²) in [5.41, 5.74) is 2.13. The first kappa shape index (κ1) is 26.7. The minimum absolute atomic E-state index is 0.0238. The highest BCUT2D eigenvalue weighted by molar-refractivity contribution is 6.13. The highest BCUT2D eigenvalue weighted by Gasteiger charge is 2.31. The average molecular weight is 459 g/mol. The van der Waals surface area contributed by atoms with Crippen LogP contribution in [-0.4, -0.2) is 65.0 Å². The Kier molecular flexibility index (Phi) is 8.54. The van der Waals surface area contributed by atoms with Crippen molar-refractivity contribution in [2.75, 3.05) is 20.6 Å². The van der Waals surface area contributed by atoms with Crippen LogP contribution in [0.15, 0.2) is 27.1 Å². The van der Waals surface area contributed by atoms with E-state index in [2.05, 4.69) is 37.7 Å². The van der Waals surface area contributed by atoms with Gasteiger partial charge in [-0.25, -0.2) is 4.99 Å². The molecule has 0 bridgehead atoms. The van der Waals surface area contributed by atoms with Gasteiger partial charge in [-0.05, 0) is 51.4 Å². The number of carbonyl (C=O) groups is 1. The number of nitrogens with zero attached hydrogens (tertiary/aromatic N) is 4. The molecule has 0 amide bonds. The molecule has 2 N–H and O–H groups in total. The molecule has 8 heteroatoms. The summed E-state index contributed by atoms with van der Waals surface area (Å²) in [5.74, 6) is -0.255. The molecular formula is C25H38N4O4. The second kappa shape index (κ2) is 10.6. The topological polar surface area (TPSA) is 118 Å². The molecule has 1 aliphatic rings. The first-order chi connectivity index (χ1) is 15.3. The van der Waals surface area contributed by atoms with Gasteiger partial charge in [-0.15, -0.1) is 0 Å². The van der Waals surface area contributed by atoms with Crippen LogP contribution in [0.1, 0.15) is 66.2 Å². The third-order valence-electron chi connectivity index (χ3n) is 6.17. The van der Waals surface area contributed by atoms with Crippen molar-refractivity contribution in [1.82, 2.24) is 0 Å². The average Bonchev–Trinajstić information content (AvgIpc) is 2.86. The van der Waals surface area contributed by atoms with E-state index >= 15 is 0 Å². The number of aliphatic imine (C=N–C) groups is 3. The second-order valence-corrected chi connectivity index (χ2v) is 10.5. The van der Waals surface area contributed by atoms with Gasteiger partial charge in [-0.2, -0.15) is 0 Å². The molecule has 0 aromatic heterocycles. The molecule has 1 fully saturated rings. The molecule has 0 saturated heterocycles. The van der Waals surface area contributed by atoms with Gasteiger partial charge in [0.2, 0.25) is 0 Å². The number of quaternary nitrogens is 1. The Morgan fingerprint density at radius 3 is 2.30 bits per heavy atom. The van der Waals surface area contributed by atoms with E-state index in [4.69, 9.17) is 4.99 Å². The Bertz CT molecular complexity index is 944. The fraction of sp³-hybridized carbons (Fsp3) is 0.600. The predicted octanol–water partition coefficient (Wildman–Crippen LogP) is 5.25. The van der Waals surface area contributed by atoms with Crippen molar-refractivity contribution in [3.8, 4) is 11.5 Å². The van der Waals surface area contributed by atoms with Crippen molar-refractivity contribution in [2.45, 2.75) is 71.8 Å². The maximum atomic E-state index is 12.0. The maximum Gasteiger partial charge on any atom is 0.161 e. The molecule has 1 saturated carbocycles. The Hall–Kier alpha value is -2.58. The molecule has 2 rings (SSSR count). The van der Waals surface area contributed by atoms with Crippen LogP contribution in [-0.2, 0) is 4.79 Å². The van der Waals surface area contributed by atoms with Gasteiger partial charge in [-0.1, -0.05) is 13.8 Å². The summed E-state index contributed by atoms with van der Waals surface area (Å²) in [6, 6.07) is 2.67. The van der Waals surface area contributed by atoms with Crippen molar-refractivity contribution >= 4 is 35.3 Å². The van der Waals surface area contributed by atoms with Crippen LogP contribution < -0.4 is 0 Å². The summed E-state index contributed by atoms with van der Waals surface area (Å²) >= 11 is 0. The monoisotopic (exact) mass is 458 g/mol. The third kappa shape index (κ3) is 8.37. The molecular weight excluding hydrogens is 420 g/mol. The zero-order valence-electron chi connectivity index (χ0n) is 20.8. The fourth-order valence-corrected chi connectivity index (χ4v) is 4.01. The highest BCUT2D eigenvalue weighted by atomic mass is 16.5. The third-order valence-corrected chi connectivity index (χ3v) is 6.17. The second-order valence-electron chi connectivity index (χ2n) is 10.5. The summed E-state index contributed by atoms with van der Waals surface area (Å²) in [6.45, 7) is 9.05. The lowest BCUT2D eigenvalue weighted by Crippen LogP contribution is -2.37. The lowest BCUT2D eigenvalue weighted by atomic mass is 9.79. The van der Waals surface area contributed by atoms with Crippen LogP contribution in [0.5, 0.6) is 11.5 Å². The lowest BCUT2D eigenvalue weighted by molar-refractivity contribution is -0.840. The van der Waals surface area contributed by atoms with E-state index in [0.717, 1.165) is 43.3 Å². The first-order valence-electron chi connectivity index (χ1n) is 11.5. The van der Waals surface area contributed by atoms with Gasteiger partial charge >= 0.3 is 0 Å². The SMILES string of the molecule is CCC1(C)CC(=Nc2cc(O)c(N=CC=O)cc2O)CCC(=NC(C)(C)CC[N+](C)(C)[O-])C1. The molecule has 33 heavy (non-hydrogen) atoms. The zero-order valence-corrected chi connectivity index (χ0v) is 20.8. The lowest BCUT2D eigenvalue weighted by Gasteiger charge is -2.36. The molecule has 1 aromatic rings. The van der Waals surface area contributed by atoms with Crippen LogP contribution in [0.4, 0.5) is 11.4 Å². The number of hydroxylamine groups is 3. The minimum atomic E-state index is -0.326. The van der Waals surface area contributed by atoms with Gasteiger partial charge in [0.25, 0.3) is 0 Å². The number of aldehydes is 1. The van der Waals surface area contributed by atoms with Crippen LogP contribution in [0.3, 0.4) is 0 Å². The van der Waals surface area contributed by atoms with Crippen molar-refractivity contribution < 1.29 is 19.7 Å². The van der Waals surface area contributed by atoms with Crippen molar-refractivity contribution in [1.29, 1.82) is 0 Å². The molecule has 1 atom stereocenters. The summed E-state index contributed by atoms with van der Waals surface area (Å²) < 4.78 is -0.326. The zero-order chi connectivity index (χ0) is 24.9. The van der Waals surface area contributed by atoms with Crippen molar-refractivity contribution in [2.24, 2.45) is 20.4 Å². The minimum Gasteiger partial charge on any atom is -0.633 e. The van der Waals surface area contributed by atoms with E-state index in [1.54, 1.807) is 14.1 Å². The summed E-state index contributed by atoms with van der Waals surface area (Å²) in [6.07, 6.45) is 6.27. The van der Waals surface area contributed by atoms with E-state index in [0.29, 0.717) is 25.7 Å². The smallest absolute Gasteiger partial charge is 0.161 e. The number of benzene rings is 1. The van der Waals surface area contributed by atoms with Gasteiger partial charge < -0.3 is 20.1 Å². The summed E-state index contributed by atoms with van der Waals surface area (Å²) in [7, 11) is 3.31. The Balaban J connectivity index is 2.31. The summed E-state index contributed by atoms with van der Waals surface area (Å²) in [5, 5.41) is 32.6. The van der Waals surface area contributed by atoms with E-state index in [1.165, 1.54) is 12.1 Å². The largest absolute Gasteiger partial charge is 0.633 e. The Morgan fingerprint density at radius 1 is 1.12 bits per heavy atom. The quantitative estimate of drug-likeness (QED) is 0.138. The van der Waals surface area contributed by atoms with Gasteiger partial charge in [-0.3, -0.25) is 14.8 Å². The Labute approximate surface area is 197 Å². The van der Waals surface area contributed by atoms with E-state index < -0.39 is 0 Å².